The van der Waals surface area contributed by atoms with E-state index < -0.39 is 6.04 Å². The molecule has 1 amide bonds. The van der Waals surface area contributed by atoms with Crippen LogP contribution in [0.4, 0.5) is 5.69 Å². The molecule has 0 aliphatic carbocycles. The third kappa shape index (κ3) is 2.41. The highest BCUT2D eigenvalue weighted by Crippen LogP contribution is 2.19. The van der Waals surface area contributed by atoms with E-state index in [0.717, 1.165) is 0 Å². The van der Waals surface area contributed by atoms with Crippen molar-refractivity contribution in [2.45, 2.75) is 13.0 Å². The fraction of sp³-hybridized carbons (Fsp3) is 0.250. The third-order valence-electron chi connectivity index (χ3n) is 1.47. The molecule has 1 aromatic heterocycles. The van der Waals surface area contributed by atoms with Gasteiger partial charge in [0.05, 0.1) is 17.9 Å². The van der Waals surface area contributed by atoms with E-state index >= 15 is 0 Å². The molecule has 0 fully saturated rings. The molecule has 0 aliphatic heterocycles. The number of rotatable bonds is 2. The highest BCUT2D eigenvalue weighted by atomic mass is 16.3. The molecule has 0 saturated heterocycles. The van der Waals surface area contributed by atoms with Crippen LogP contribution in [0.25, 0.3) is 0 Å². The molecule has 1 heterocycles. The summed E-state index contributed by atoms with van der Waals surface area (Å²) in [5.74, 6) is -0.419. The van der Waals surface area contributed by atoms with Crippen molar-refractivity contribution in [2.24, 2.45) is 5.73 Å². The zero-order valence-electron chi connectivity index (χ0n) is 7.19. The predicted octanol–water partition coefficient (Wildman–Crippen LogP) is 0.0729. The van der Waals surface area contributed by atoms with E-state index in [0.29, 0.717) is 5.69 Å². The van der Waals surface area contributed by atoms with Crippen LogP contribution < -0.4 is 11.1 Å². The Kier molecular flexibility index (Phi) is 2.81. The van der Waals surface area contributed by atoms with Gasteiger partial charge in [-0.25, -0.2) is 0 Å². The number of nitrogens with zero attached hydrogens (tertiary/aromatic N) is 1. The highest BCUT2D eigenvalue weighted by Gasteiger charge is 2.09. The molecule has 1 aromatic rings. The van der Waals surface area contributed by atoms with Gasteiger partial charge in [-0.2, -0.15) is 0 Å². The second-order valence-corrected chi connectivity index (χ2v) is 2.67. The van der Waals surface area contributed by atoms with Crippen LogP contribution >= 0.6 is 0 Å². The Morgan fingerprint density at radius 1 is 1.77 bits per heavy atom. The number of pyridine rings is 1. The molecule has 0 radical (unpaired) electrons. The predicted molar refractivity (Wildman–Crippen MR) is 48.2 cm³/mol. The molecule has 70 valence electrons. The summed E-state index contributed by atoms with van der Waals surface area (Å²) in [7, 11) is 0. The van der Waals surface area contributed by atoms with Crippen LogP contribution in [0.3, 0.4) is 0 Å². The molecular weight excluding hydrogens is 170 g/mol. The summed E-state index contributed by atoms with van der Waals surface area (Å²) >= 11 is 0. The molecule has 5 heteroatoms. The summed E-state index contributed by atoms with van der Waals surface area (Å²) in [6.45, 7) is 1.56. The number of hydrogen-bond donors (Lipinski definition) is 3. The van der Waals surface area contributed by atoms with Crippen molar-refractivity contribution < 1.29 is 9.90 Å². The standard InChI is InChI=1S/C8H11N3O2/c1-5(9)8(13)11-6-2-3-10-4-7(6)12/h2-5,12H,9H2,1H3,(H,10,11,13). The lowest BCUT2D eigenvalue weighted by molar-refractivity contribution is -0.117. The number of nitrogens with one attached hydrogen (secondary N) is 1. The zero-order chi connectivity index (χ0) is 9.84. The summed E-state index contributed by atoms with van der Waals surface area (Å²) in [6.07, 6.45) is 2.72. The maximum Gasteiger partial charge on any atom is 0.241 e. The van der Waals surface area contributed by atoms with Crippen LogP contribution in [0.5, 0.6) is 5.75 Å². The molecule has 0 saturated carbocycles. The van der Waals surface area contributed by atoms with Gasteiger partial charge in [0, 0.05) is 6.20 Å². The normalized spacial score (nSPS) is 12.2. The minimum atomic E-state index is -0.604. The first-order chi connectivity index (χ1) is 6.11. The van der Waals surface area contributed by atoms with E-state index in [1.54, 1.807) is 6.92 Å². The van der Waals surface area contributed by atoms with Gasteiger partial charge in [0.15, 0.2) is 5.75 Å². The van der Waals surface area contributed by atoms with Crippen LogP contribution in [-0.4, -0.2) is 22.0 Å². The Morgan fingerprint density at radius 2 is 2.46 bits per heavy atom. The van der Waals surface area contributed by atoms with Crippen LogP contribution in [0.2, 0.25) is 0 Å². The lowest BCUT2D eigenvalue weighted by Gasteiger charge is -2.08. The van der Waals surface area contributed by atoms with E-state index in [2.05, 4.69) is 10.3 Å². The van der Waals surface area contributed by atoms with E-state index in [1.165, 1.54) is 18.5 Å². The van der Waals surface area contributed by atoms with Gasteiger partial charge >= 0.3 is 0 Å². The first-order valence-corrected chi connectivity index (χ1v) is 3.80. The molecule has 0 aliphatic rings. The molecule has 0 aromatic carbocycles. The Morgan fingerprint density at radius 3 is 3.00 bits per heavy atom. The fourth-order valence-electron chi connectivity index (χ4n) is 0.738. The van der Waals surface area contributed by atoms with Gasteiger partial charge in [-0.3, -0.25) is 9.78 Å². The van der Waals surface area contributed by atoms with Crippen molar-refractivity contribution in [1.82, 2.24) is 4.98 Å². The van der Waals surface area contributed by atoms with Gasteiger partial charge in [0.25, 0.3) is 0 Å². The van der Waals surface area contributed by atoms with Gasteiger partial charge in [0.1, 0.15) is 0 Å². The van der Waals surface area contributed by atoms with Gasteiger partial charge in [-0.15, -0.1) is 0 Å². The minimum Gasteiger partial charge on any atom is -0.504 e. The number of nitrogens with two attached hydrogens (primary N) is 1. The van der Waals surface area contributed by atoms with E-state index in [4.69, 9.17) is 5.73 Å². The second-order valence-electron chi connectivity index (χ2n) is 2.67. The van der Waals surface area contributed by atoms with Gasteiger partial charge in [0.2, 0.25) is 5.91 Å². The summed E-state index contributed by atoms with van der Waals surface area (Å²) < 4.78 is 0. The smallest absolute Gasteiger partial charge is 0.241 e. The van der Waals surface area contributed by atoms with Crippen LogP contribution in [0.15, 0.2) is 18.5 Å². The first kappa shape index (κ1) is 9.47. The van der Waals surface area contributed by atoms with Crippen molar-refractivity contribution >= 4 is 11.6 Å². The quantitative estimate of drug-likeness (QED) is 0.602. The molecule has 4 N–H and O–H groups in total. The molecule has 0 bridgehead atoms. The van der Waals surface area contributed by atoms with Crippen LogP contribution in [-0.2, 0) is 4.79 Å². The maximum atomic E-state index is 11.1. The molecule has 0 spiro atoms. The fourth-order valence-corrected chi connectivity index (χ4v) is 0.738. The van der Waals surface area contributed by atoms with Gasteiger partial charge in [-0.1, -0.05) is 0 Å². The largest absolute Gasteiger partial charge is 0.504 e. The van der Waals surface area contributed by atoms with E-state index in [-0.39, 0.29) is 11.7 Å². The van der Waals surface area contributed by atoms with Crippen molar-refractivity contribution in [1.29, 1.82) is 0 Å². The van der Waals surface area contributed by atoms with Crippen molar-refractivity contribution in [3.63, 3.8) is 0 Å². The topological polar surface area (TPSA) is 88.2 Å². The molecular formula is C8H11N3O2. The van der Waals surface area contributed by atoms with Crippen LogP contribution in [0.1, 0.15) is 6.92 Å². The number of anilines is 1. The SMILES string of the molecule is CC(N)C(=O)Nc1ccncc1O. The summed E-state index contributed by atoms with van der Waals surface area (Å²) in [5.41, 5.74) is 5.64. The van der Waals surface area contributed by atoms with E-state index in [1.807, 2.05) is 0 Å². The maximum absolute atomic E-state index is 11.1. The number of aromatic nitrogens is 1. The number of amides is 1. The molecule has 5 nitrogen and oxygen atoms in total. The second kappa shape index (κ2) is 3.86. The number of hydrogen-bond acceptors (Lipinski definition) is 4. The number of carbonyl (C=O) groups is 1. The van der Waals surface area contributed by atoms with Gasteiger partial charge in [-0.05, 0) is 13.0 Å². The molecule has 1 atom stereocenters. The van der Waals surface area contributed by atoms with E-state index in [9.17, 15) is 9.90 Å². The summed E-state index contributed by atoms with van der Waals surface area (Å²) in [5, 5.41) is 11.7. The number of carbonyl (C=O) groups excluding carboxylic acids is 1. The van der Waals surface area contributed by atoms with Gasteiger partial charge < -0.3 is 16.2 Å². The lowest BCUT2D eigenvalue weighted by Crippen LogP contribution is -2.32. The highest BCUT2D eigenvalue weighted by molar-refractivity contribution is 5.95. The molecule has 1 rings (SSSR count). The Hall–Kier alpha value is -1.62. The zero-order valence-corrected chi connectivity index (χ0v) is 7.19. The van der Waals surface area contributed by atoms with Crippen molar-refractivity contribution in [3.8, 4) is 5.75 Å². The average Bonchev–Trinajstić information content (AvgIpc) is 2.08. The van der Waals surface area contributed by atoms with Crippen molar-refractivity contribution in [3.05, 3.63) is 18.5 Å². The Bertz CT molecular complexity index is 312. The van der Waals surface area contributed by atoms with Crippen molar-refractivity contribution in [2.75, 3.05) is 5.32 Å². The summed E-state index contributed by atoms with van der Waals surface area (Å²) in [6, 6.07) is 0.892. The molecule has 13 heavy (non-hydrogen) atoms. The lowest BCUT2D eigenvalue weighted by atomic mass is 10.3. The molecule has 1 unspecified atom stereocenters. The third-order valence-corrected chi connectivity index (χ3v) is 1.47. The monoisotopic (exact) mass is 181 g/mol. The minimum absolute atomic E-state index is 0.0727. The first-order valence-electron chi connectivity index (χ1n) is 3.80. The average molecular weight is 181 g/mol. The Balaban J connectivity index is 2.75. The summed E-state index contributed by atoms with van der Waals surface area (Å²) in [4.78, 5) is 14.8. The Labute approximate surface area is 75.6 Å². The number of aromatic hydroxyl groups is 1. The van der Waals surface area contributed by atoms with Crippen LogP contribution in [0, 0.1) is 0 Å².